The highest BCUT2D eigenvalue weighted by Gasteiger charge is 2.22. The number of benzene rings is 1. The topological polar surface area (TPSA) is 30.5 Å². The van der Waals surface area contributed by atoms with Gasteiger partial charge in [-0.1, -0.05) is 19.1 Å². The molecular weight excluding hydrogens is 238 g/mol. The molecule has 0 aromatic heterocycles. The largest absolute Gasteiger partial charge is 0.491 e. The lowest BCUT2D eigenvalue weighted by atomic mass is 10.1. The minimum Gasteiger partial charge on any atom is -0.491 e. The molecule has 19 heavy (non-hydrogen) atoms. The summed E-state index contributed by atoms with van der Waals surface area (Å²) in [5.74, 6) is 1.47. The Bertz CT molecular complexity index is 376. The van der Waals surface area contributed by atoms with Gasteiger partial charge in [-0.05, 0) is 44.4 Å². The van der Waals surface area contributed by atoms with Crippen LogP contribution in [0.2, 0.25) is 0 Å². The Kier molecular flexibility index (Phi) is 4.83. The quantitative estimate of drug-likeness (QED) is 0.908. The zero-order valence-electron chi connectivity index (χ0n) is 12.3. The van der Waals surface area contributed by atoms with E-state index in [1.165, 1.54) is 5.56 Å². The van der Waals surface area contributed by atoms with E-state index in [1.54, 1.807) is 0 Å². The predicted octanol–water partition coefficient (Wildman–Crippen LogP) is 3.16. The lowest BCUT2D eigenvalue weighted by Gasteiger charge is -2.17. The second kappa shape index (κ2) is 6.40. The summed E-state index contributed by atoms with van der Waals surface area (Å²) in [4.78, 5) is 0. The van der Waals surface area contributed by atoms with Crippen LogP contribution >= 0.6 is 0 Å². The van der Waals surface area contributed by atoms with Crippen molar-refractivity contribution in [1.82, 2.24) is 5.32 Å². The van der Waals surface area contributed by atoms with Gasteiger partial charge in [0, 0.05) is 12.6 Å². The summed E-state index contributed by atoms with van der Waals surface area (Å²) < 4.78 is 11.6. The maximum Gasteiger partial charge on any atom is 0.119 e. The van der Waals surface area contributed by atoms with Gasteiger partial charge in [0.25, 0.3) is 0 Å². The van der Waals surface area contributed by atoms with Crippen LogP contribution < -0.4 is 10.1 Å². The van der Waals surface area contributed by atoms with Gasteiger partial charge >= 0.3 is 0 Å². The molecule has 3 unspecified atom stereocenters. The number of rotatable bonds is 3. The molecule has 0 saturated carbocycles. The van der Waals surface area contributed by atoms with Crippen molar-refractivity contribution >= 4 is 0 Å². The minimum atomic E-state index is 0.139. The van der Waals surface area contributed by atoms with Crippen LogP contribution in [0.15, 0.2) is 24.3 Å². The van der Waals surface area contributed by atoms with Crippen LogP contribution in [-0.2, 0) is 4.74 Å². The molecule has 3 atom stereocenters. The van der Waals surface area contributed by atoms with Gasteiger partial charge in [-0.15, -0.1) is 0 Å². The Labute approximate surface area is 116 Å². The van der Waals surface area contributed by atoms with Gasteiger partial charge in [0.15, 0.2) is 0 Å². The summed E-state index contributed by atoms with van der Waals surface area (Å²) in [6, 6.07) is 8.76. The third-order valence-electron chi connectivity index (χ3n) is 3.66. The van der Waals surface area contributed by atoms with Crippen LogP contribution in [0.5, 0.6) is 5.75 Å². The second-order valence-corrected chi connectivity index (χ2v) is 5.73. The molecule has 0 spiro atoms. The van der Waals surface area contributed by atoms with Gasteiger partial charge in [0.2, 0.25) is 0 Å². The van der Waals surface area contributed by atoms with Gasteiger partial charge in [-0.25, -0.2) is 0 Å². The van der Waals surface area contributed by atoms with E-state index < -0.39 is 0 Å². The lowest BCUT2D eigenvalue weighted by molar-refractivity contribution is 0.0496. The van der Waals surface area contributed by atoms with E-state index in [1.807, 2.05) is 26.0 Å². The summed E-state index contributed by atoms with van der Waals surface area (Å²) in [6.07, 6.45) is 0.351. The zero-order valence-corrected chi connectivity index (χ0v) is 12.3. The molecule has 3 nitrogen and oxygen atoms in total. The zero-order chi connectivity index (χ0) is 13.8. The lowest BCUT2D eigenvalue weighted by Crippen LogP contribution is -2.32. The Morgan fingerprint density at radius 1 is 1.21 bits per heavy atom. The summed E-state index contributed by atoms with van der Waals surface area (Å²) in [7, 11) is 0. The first kappa shape index (κ1) is 14.4. The molecule has 1 aliphatic heterocycles. The van der Waals surface area contributed by atoms with Crippen LogP contribution in [0.1, 0.15) is 39.4 Å². The van der Waals surface area contributed by atoms with Crippen molar-refractivity contribution in [2.24, 2.45) is 5.92 Å². The molecule has 0 aliphatic carbocycles. The molecule has 1 saturated heterocycles. The fraction of sp³-hybridized carbons (Fsp3) is 0.625. The highest BCUT2D eigenvalue weighted by molar-refractivity contribution is 5.29. The summed E-state index contributed by atoms with van der Waals surface area (Å²) in [5.41, 5.74) is 1.21. The molecule has 1 heterocycles. The maximum atomic E-state index is 5.99. The molecule has 0 amide bonds. The number of hydrogen-bond acceptors (Lipinski definition) is 3. The van der Waals surface area contributed by atoms with Crippen molar-refractivity contribution in [3.8, 4) is 5.75 Å². The van der Waals surface area contributed by atoms with Crippen molar-refractivity contribution in [3.63, 3.8) is 0 Å². The second-order valence-electron chi connectivity index (χ2n) is 5.73. The van der Waals surface area contributed by atoms with Gasteiger partial charge in [-0.3, -0.25) is 0 Å². The summed E-state index contributed by atoms with van der Waals surface area (Å²) in [6.45, 7) is 10.2. The minimum absolute atomic E-state index is 0.139. The van der Waals surface area contributed by atoms with Crippen LogP contribution in [0, 0.1) is 5.92 Å². The predicted molar refractivity (Wildman–Crippen MR) is 77.5 cm³/mol. The van der Waals surface area contributed by atoms with E-state index in [-0.39, 0.29) is 12.2 Å². The third kappa shape index (κ3) is 3.95. The fourth-order valence-corrected chi connectivity index (χ4v) is 2.21. The summed E-state index contributed by atoms with van der Waals surface area (Å²) in [5, 5.41) is 3.53. The van der Waals surface area contributed by atoms with Crippen LogP contribution in [-0.4, -0.2) is 25.3 Å². The Morgan fingerprint density at radius 3 is 2.53 bits per heavy atom. The van der Waals surface area contributed by atoms with E-state index in [4.69, 9.17) is 9.47 Å². The van der Waals surface area contributed by atoms with E-state index in [2.05, 4.69) is 31.3 Å². The Balaban J connectivity index is 2.01. The summed E-state index contributed by atoms with van der Waals surface area (Å²) >= 11 is 0. The molecule has 1 aromatic rings. The SMILES string of the molecule is CC(C)Oc1ccc(C2CNC(C)C(C)CO2)cc1. The Morgan fingerprint density at radius 2 is 1.89 bits per heavy atom. The van der Waals surface area contributed by atoms with Gasteiger partial charge in [0.1, 0.15) is 5.75 Å². The van der Waals surface area contributed by atoms with Crippen LogP contribution in [0.3, 0.4) is 0 Å². The monoisotopic (exact) mass is 263 g/mol. The van der Waals surface area contributed by atoms with Gasteiger partial charge < -0.3 is 14.8 Å². The van der Waals surface area contributed by atoms with E-state index >= 15 is 0 Å². The number of nitrogens with one attached hydrogen (secondary N) is 1. The molecule has 1 aromatic carbocycles. The van der Waals surface area contributed by atoms with Crippen molar-refractivity contribution in [2.45, 2.75) is 45.9 Å². The molecular formula is C16H25NO2. The smallest absolute Gasteiger partial charge is 0.119 e. The van der Waals surface area contributed by atoms with Gasteiger partial charge in [0.05, 0.1) is 18.8 Å². The number of ether oxygens (including phenoxy) is 2. The van der Waals surface area contributed by atoms with Crippen molar-refractivity contribution in [3.05, 3.63) is 29.8 Å². The van der Waals surface area contributed by atoms with Crippen molar-refractivity contribution < 1.29 is 9.47 Å². The first-order valence-corrected chi connectivity index (χ1v) is 7.18. The van der Waals surface area contributed by atoms with Crippen molar-refractivity contribution in [2.75, 3.05) is 13.2 Å². The van der Waals surface area contributed by atoms with Gasteiger partial charge in [-0.2, -0.15) is 0 Å². The normalized spacial score (nSPS) is 28.2. The number of hydrogen-bond donors (Lipinski definition) is 1. The molecule has 3 heteroatoms. The highest BCUT2D eigenvalue weighted by atomic mass is 16.5. The molecule has 1 aliphatic rings. The van der Waals surface area contributed by atoms with E-state index in [0.717, 1.165) is 18.9 Å². The highest BCUT2D eigenvalue weighted by Crippen LogP contribution is 2.24. The van der Waals surface area contributed by atoms with E-state index in [9.17, 15) is 0 Å². The first-order chi connectivity index (χ1) is 9.06. The molecule has 0 bridgehead atoms. The average Bonchev–Trinajstić information content (AvgIpc) is 2.54. The average molecular weight is 263 g/mol. The van der Waals surface area contributed by atoms with E-state index in [0.29, 0.717) is 12.0 Å². The molecule has 1 N–H and O–H groups in total. The molecule has 0 radical (unpaired) electrons. The van der Waals surface area contributed by atoms with Crippen LogP contribution in [0.4, 0.5) is 0 Å². The molecule has 1 fully saturated rings. The van der Waals surface area contributed by atoms with Crippen LogP contribution in [0.25, 0.3) is 0 Å². The standard InChI is InChI=1S/C16H25NO2/c1-11(2)19-15-7-5-14(6-8-15)16-9-17-13(4)12(3)10-18-16/h5-8,11-13,16-17H,9-10H2,1-4H3. The maximum absolute atomic E-state index is 5.99. The Hall–Kier alpha value is -1.06. The first-order valence-electron chi connectivity index (χ1n) is 7.18. The van der Waals surface area contributed by atoms with Crippen molar-refractivity contribution in [1.29, 1.82) is 0 Å². The third-order valence-corrected chi connectivity index (χ3v) is 3.66. The molecule has 106 valence electrons. The fourth-order valence-electron chi connectivity index (χ4n) is 2.21. The molecule has 2 rings (SSSR count).